The molecular formula is C16H27N3O. The summed E-state index contributed by atoms with van der Waals surface area (Å²) in [4.78, 5) is 17.6. The summed E-state index contributed by atoms with van der Waals surface area (Å²) in [6.45, 7) is 7.82. The zero-order valence-corrected chi connectivity index (χ0v) is 12.7. The number of hydrogen-bond donors (Lipinski definition) is 1. The second-order valence-electron chi connectivity index (χ2n) is 7.56. The second-order valence-corrected chi connectivity index (χ2v) is 7.56. The molecule has 112 valence electrons. The Labute approximate surface area is 121 Å². The quantitative estimate of drug-likeness (QED) is 0.785. The first kappa shape index (κ1) is 13.1. The first-order valence-electron chi connectivity index (χ1n) is 8.45. The van der Waals surface area contributed by atoms with Crippen LogP contribution in [0.15, 0.2) is 0 Å². The van der Waals surface area contributed by atoms with Gasteiger partial charge in [-0.1, -0.05) is 0 Å². The van der Waals surface area contributed by atoms with Crippen LogP contribution in [0, 0.1) is 11.8 Å². The van der Waals surface area contributed by atoms with Crippen LogP contribution in [0.5, 0.6) is 0 Å². The predicted octanol–water partition coefficient (Wildman–Crippen LogP) is 1.07. The molecule has 1 saturated carbocycles. The summed E-state index contributed by atoms with van der Waals surface area (Å²) in [5.74, 6) is 1.93. The number of rotatable bonds is 3. The molecule has 4 nitrogen and oxygen atoms in total. The van der Waals surface area contributed by atoms with Crippen LogP contribution in [0.4, 0.5) is 0 Å². The summed E-state index contributed by atoms with van der Waals surface area (Å²) in [6, 6.07) is 1.77. The molecule has 4 fully saturated rings. The topological polar surface area (TPSA) is 45.5 Å². The Morgan fingerprint density at radius 1 is 1.15 bits per heavy atom. The number of hydrogen-bond acceptors (Lipinski definition) is 3. The summed E-state index contributed by atoms with van der Waals surface area (Å²) in [6.07, 6.45) is 5.16. The number of likely N-dealkylation sites (tertiary alicyclic amines) is 2. The van der Waals surface area contributed by atoms with Crippen molar-refractivity contribution in [3.8, 4) is 0 Å². The van der Waals surface area contributed by atoms with Gasteiger partial charge in [0.05, 0.1) is 0 Å². The summed E-state index contributed by atoms with van der Waals surface area (Å²) < 4.78 is 0. The number of carbonyl (C=O) groups is 1. The fourth-order valence-electron chi connectivity index (χ4n) is 4.33. The Morgan fingerprint density at radius 3 is 2.65 bits per heavy atom. The van der Waals surface area contributed by atoms with Crippen molar-refractivity contribution in [1.29, 1.82) is 0 Å². The van der Waals surface area contributed by atoms with Gasteiger partial charge in [-0.05, 0) is 51.4 Å². The SMILES string of the molecule is CC(C)N1CC2CCCN(C(=O)[C@@H]3N[C@H]3C3CC3)C2C1. The molecule has 3 aliphatic heterocycles. The number of carbonyl (C=O) groups excluding carboxylic acids is 1. The van der Waals surface area contributed by atoms with Crippen LogP contribution in [0.3, 0.4) is 0 Å². The van der Waals surface area contributed by atoms with E-state index in [1.54, 1.807) is 0 Å². The molecule has 0 spiro atoms. The Bertz CT molecular complexity index is 407. The van der Waals surface area contributed by atoms with Crippen molar-refractivity contribution in [3.05, 3.63) is 0 Å². The standard InChI is InChI=1S/C16H27N3O/c1-10(2)18-8-12-4-3-7-19(13(12)9-18)16(20)15-14(17-15)11-5-6-11/h10-15,17H,3-9H2,1-2H3/t12?,13?,14-,15+/m0/s1. The molecule has 2 unspecified atom stereocenters. The third kappa shape index (κ3) is 2.17. The van der Waals surface area contributed by atoms with E-state index in [0.29, 0.717) is 30.0 Å². The third-order valence-electron chi connectivity index (χ3n) is 5.84. The number of fused-ring (bicyclic) bond motifs is 1. The van der Waals surface area contributed by atoms with Gasteiger partial charge in [-0.15, -0.1) is 0 Å². The van der Waals surface area contributed by atoms with Crippen molar-refractivity contribution in [2.75, 3.05) is 19.6 Å². The Kier molecular flexibility index (Phi) is 3.08. The number of amides is 1. The van der Waals surface area contributed by atoms with E-state index in [9.17, 15) is 4.79 Å². The van der Waals surface area contributed by atoms with Crippen LogP contribution >= 0.6 is 0 Å². The molecule has 0 aromatic rings. The minimum Gasteiger partial charge on any atom is -0.337 e. The Hall–Kier alpha value is -0.610. The minimum atomic E-state index is 0.161. The van der Waals surface area contributed by atoms with Gasteiger partial charge in [0.1, 0.15) is 6.04 Å². The summed E-state index contributed by atoms with van der Waals surface area (Å²) >= 11 is 0. The van der Waals surface area contributed by atoms with Gasteiger partial charge in [-0.25, -0.2) is 0 Å². The first-order chi connectivity index (χ1) is 9.65. The summed E-state index contributed by atoms with van der Waals surface area (Å²) in [5.41, 5.74) is 0. The molecule has 0 aromatic heterocycles. The van der Waals surface area contributed by atoms with E-state index in [4.69, 9.17) is 0 Å². The van der Waals surface area contributed by atoms with E-state index in [1.807, 2.05) is 0 Å². The van der Waals surface area contributed by atoms with Crippen molar-refractivity contribution < 1.29 is 4.79 Å². The lowest BCUT2D eigenvalue weighted by Gasteiger charge is -2.37. The maximum absolute atomic E-state index is 12.8. The van der Waals surface area contributed by atoms with Crippen molar-refractivity contribution >= 4 is 5.91 Å². The molecule has 3 saturated heterocycles. The maximum atomic E-state index is 12.8. The molecule has 0 bridgehead atoms. The maximum Gasteiger partial charge on any atom is 0.241 e. The molecular weight excluding hydrogens is 250 g/mol. The van der Waals surface area contributed by atoms with E-state index in [0.717, 1.165) is 19.0 Å². The van der Waals surface area contributed by atoms with E-state index in [1.165, 1.54) is 32.2 Å². The lowest BCUT2D eigenvalue weighted by atomic mass is 9.91. The minimum absolute atomic E-state index is 0.161. The lowest BCUT2D eigenvalue weighted by molar-refractivity contribution is -0.135. The van der Waals surface area contributed by atoms with Crippen molar-refractivity contribution in [2.24, 2.45) is 11.8 Å². The van der Waals surface area contributed by atoms with E-state index in [-0.39, 0.29) is 6.04 Å². The lowest BCUT2D eigenvalue weighted by Crippen LogP contribution is -2.50. The van der Waals surface area contributed by atoms with Gasteiger partial charge in [0.25, 0.3) is 0 Å². The molecule has 4 rings (SSSR count). The van der Waals surface area contributed by atoms with E-state index < -0.39 is 0 Å². The van der Waals surface area contributed by atoms with Crippen molar-refractivity contribution in [3.63, 3.8) is 0 Å². The smallest absolute Gasteiger partial charge is 0.241 e. The zero-order valence-electron chi connectivity index (χ0n) is 12.7. The van der Waals surface area contributed by atoms with Crippen molar-refractivity contribution in [2.45, 2.75) is 63.7 Å². The normalized spacial score (nSPS) is 41.0. The monoisotopic (exact) mass is 277 g/mol. The molecule has 4 atom stereocenters. The fraction of sp³-hybridized carbons (Fsp3) is 0.938. The van der Waals surface area contributed by atoms with Crippen LogP contribution < -0.4 is 5.32 Å². The molecule has 0 radical (unpaired) electrons. The van der Waals surface area contributed by atoms with Crippen LogP contribution in [0.2, 0.25) is 0 Å². The molecule has 3 heterocycles. The van der Waals surface area contributed by atoms with Crippen LogP contribution in [0.1, 0.15) is 39.5 Å². The summed E-state index contributed by atoms with van der Waals surface area (Å²) in [7, 11) is 0. The van der Waals surface area contributed by atoms with Crippen molar-refractivity contribution in [1.82, 2.24) is 15.1 Å². The molecule has 4 heteroatoms. The number of nitrogens with one attached hydrogen (secondary N) is 1. The summed E-state index contributed by atoms with van der Waals surface area (Å²) in [5, 5.41) is 3.44. The van der Waals surface area contributed by atoms with Gasteiger partial charge < -0.3 is 4.90 Å². The predicted molar refractivity (Wildman–Crippen MR) is 78.4 cm³/mol. The fourth-order valence-corrected chi connectivity index (χ4v) is 4.33. The first-order valence-corrected chi connectivity index (χ1v) is 8.45. The second kappa shape index (κ2) is 4.70. The third-order valence-corrected chi connectivity index (χ3v) is 5.84. The highest BCUT2D eigenvalue weighted by Gasteiger charge is 2.54. The van der Waals surface area contributed by atoms with Crippen LogP contribution in [-0.2, 0) is 4.79 Å². The van der Waals surface area contributed by atoms with Gasteiger partial charge in [0.15, 0.2) is 0 Å². The highest BCUT2D eigenvalue weighted by molar-refractivity contribution is 5.86. The van der Waals surface area contributed by atoms with E-state index >= 15 is 0 Å². The van der Waals surface area contributed by atoms with Gasteiger partial charge in [0.2, 0.25) is 5.91 Å². The molecule has 1 aliphatic carbocycles. The largest absolute Gasteiger partial charge is 0.337 e. The zero-order chi connectivity index (χ0) is 13.9. The van der Waals surface area contributed by atoms with E-state index in [2.05, 4.69) is 29.0 Å². The highest BCUT2D eigenvalue weighted by Crippen LogP contribution is 2.41. The molecule has 20 heavy (non-hydrogen) atoms. The molecule has 1 amide bonds. The Balaban J connectivity index is 1.43. The highest BCUT2D eigenvalue weighted by atomic mass is 16.2. The average molecular weight is 277 g/mol. The Morgan fingerprint density at radius 2 is 1.95 bits per heavy atom. The van der Waals surface area contributed by atoms with Crippen LogP contribution in [-0.4, -0.2) is 59.5 Å². The number of nitrogens with zero attached hydrogens (tertiary/aromatic N) is 2. The van der Waals surface area contributed by atoms with Gasteiger partial charge in [-0.3, -0.25) is 15.0 Å². The van der Waals surface area contributed by atoms with Gasteiger partial charge in [-0.2, -0.15) is 0 Å². The number of piperidine rings is 1. The van der Waals surface area contributed by atoms with Crippen LogP contribution in [0.25, 0.3) is 0 Å². The average Bonchev–Trinajstić information content (AvgIpc) is 3.31. The van der Waals surface area contributed by atoms with Gasteiger partial charge in [0, 0.05) is 37.8 Å². The molecule has 1 N–H and O–H groups in total. The van der Waals surface area contributed by atoms with Gasteiger partial charge >= 0.3 is 0 Å². The molecule has 0 aromatic carbocycles. The molecule has 4 aliphatic rings.